The minimum atomic E-state index is -0.395. The average Bonchev–Trinajstić information content (AvgIpc) is 3.03. The number of fused-ring (bicyclic) bond motifs is 1. The van der Waals surface area contributed by atoms with Crippen molar-refractivity contribution in [3.05, 3.63) is 70.4 Å². The number of amides is 1. The van der Waals surface area contributed by atoms with Crippen molar-refractivity contribution in [2.24, 2.45) is 5.41 Å². The van der Waals surface area contributed by atoms with Gasteiger partial charge in [-0.2, -0.15) is 5.26 Å². The number of aryl methyl sites for hydroxylation is 2. The van der Waals surface area contributed by atoms with E-state index in [9.17, 15) is 15.2 Å². The van der Waals surface area contributed by atoms with Crippen LogP contribution in [0.1, 0.15) is 46.6 Å². The third-order valence-electron chi connectivity index (χ3n) is 5.04. The Labute approximate surface area is 171 Å². The Kier molecular flexibility index (Phi) is 5.76. The number of benzene rings is 2. The lowest BCUT2D eigenvalue weighted by atomic mass is 9.95. The fraction of sp³-hybridized carbons (Fsp3) is 0.333. The van der Waals surface area contributed by atoms with E-state index in [1.54, 1.807) is 6.07 Å². The SMILES string of the molecule is Cc1cc(C)cc(Cn2c(C(=O)NCC(C)(C)CO)cc3cc(C#N)ccc32)c1. The number of carbonyl (C=O) groups excluding carboxylic acids is 1. The van der Waals surface area contributed by atoms with Gasteiger partial charge in [0.15, 0.2) is 0 Å². The lowest BCUT2D eigenvalue weighted by molar-refractivity contribution is 0.0903. The van der Waals surface area contributed by atoms with Crippen molar-refractivity contribution in [2.75, 3.05) is 13.2 Å². The summed E-state index contributed by atoms with van der Waals surface area (Å²) in [6.45, 7) is 8.85. The monoisotopic (exact) mass is 389 g/mol. The van der Waals surface area contributed by atoms with Gasteiger partial charge in [0, 0.05) is 36.0 Å². The molecule has 1 aromatic heterocycles. The highest BCUT2D eigenvalue weighted by molar-refractivity contribution is 5.99. The smallest absolute Gasteiger partial charge is 0.267 e. The zero-order valence-corrected chi connectivity index (χ0v) is 17.4. The van der Waals surface area contributed by atoms with Gasteiger partial charge in [-0.1, -0.05) is 43.2 Å². The van der Waals surface area contributed by atoms with Crippen molar-refractivity contribution in [1.82, 2.24) is 9.88 Å². The number of nitrogens with one attached hydrogen (secondary N) is 1. The number of carbonyl (C=O) groups is 1. The largest absolute Gasteiger partial charge is 0.396 e. The molecule has 0 saturated carbocycles. The highest BCUT2D eigenvalue weighted by atomic mass is 16.3. The van der Waals surface area contributed by atoms with Crippen molar-refractivity contribution in [2.45, 2.75) is 34.2 Å². The molecule has 0 unspecified atom stereocenters. The van der Waals surface area contributed by atoms with Crippen molar-refractivity contribution in [3.8, 4) is 6.07 Å². The first-order valence-electron chi connectivity index (χ1n) is 9.72. The number of aliphatic hydroxyl groups excluding tert-OH is 1. The molecular weight excluding hydrogens is 362 g/mol. The molecule has 3 rings (SSSR count). The second-order valence-electron chi connectivity index (χ2n) is 8.50. The summed E-state index contributed by atoms with van der Waals surface area (Å²) in [6.07, 6.45) is 0. The Morgan fingerprint density at radius 1 is 1.14 bits per heavy atom. The zero-order chi connectivity index (χ0) is 21.2. The predicted molar refractivity (Wildman–Crippen MR) is 115 cm³/mol. The maximum Gasteiger partial charge on any atom is 0.267 e. The van der Waals surface area contributed by atoms with Gasteiger partial charge in [-0.15, -0.1) is 0 Å². The van der Waals surface area contributed by atoms with Crippen LogP contribution in [0.3, 0.4) is 0 Å². The van der Waals surface area contributed by atoms with E-state index in [1.807, 2.05) is 36.6 Å². The molecule has 1 amide bonds. The average molecular weight is 389 g/mol. The van der Waals surface area contributed by atoms with E-state index in [4.69, 9.17) is 0 Å². The third-order valence-corrected chi connectivity index (χ3v) is 5.04. The van der Waals surface area contributed by atoms with E-state index < -0.39 is 5.41 Å². The third kappa shape index (κ3) is 4.67. The molecule has 150 valence electrons. The summed E-state index contributed by atoms with van der Waals surface area (Å²) in [6, 6.07) is 15.8. The Hall–Kier alpha value is -3.10. The first-order valence-corrected chi connectivity index (χ1v) is 9.72. The number of aliphatic hydroxyl groups is 1. The molecule has 2 aromatic carbocycles. The molecule has 0 saturated heterocycles. The maximum absolute atomic E-state index is 13.0. The zero-order valence-electron chi connectivity index (χ0n) is 17.4. The summed E-state index contributed by atoms with van der Waals surface area (Å²) >= 11 is 0. The Balaban J connectivity index is 2.04. The lowest BCUT2D eigenvalue weighted by Gasteiger charge is -2.22. The minimum Gasteiger partial charge on any atom is -0.396 e. The molecule has 1 heterocycles. The predicted octanol–water partition coefficient (Wildman–Crippen LogP) is 3.93. The van der Waals surface area contributed by atoms with Crippen LogP contribution in [-0.2, 0) is 6.54 Å². The van der Waals surface area contributed by atoms with Gasteiger partial charge in [-0.25, -0.2) is 0 Å². The number of aromatic nitrogens is 1. The summed E-state index contributed by atoms with van der Waals surface area (Å²) in [5.74, 6) is -0.189. The van der Waals surface area contributed by atoms with Crippen LogP contribution in [0.4, 0.5) is 0 Å². The second-order valence-corrected chi connectivity index (χ2v) is 8.50. The highest BCUT2D eigenvalue weighted by Gasteiger charge is 2.21. The normalized spacial score (nSPS) is 11.4. The van der Waals surface area contributed by atoms with Crippen LogP contribution >= 0.6 is 0 Å². The number of nitrogens with zero attached hydrogens (tertiary/aromatic N) is 2. The summed E-state index contributed by atoms with van der Waals surface area (Å²) in [5.41, 5.74) is 5.10. The number of hydrogen-bond acceptors (Lipinski definition) is 3. The van der Waals surface area contributed by atoms with Gasteiger partial charge >= 0.3 is 0 Å². The molecular formula is C24H27N3O2. The van der Waals surface area contributed by atoms with E-state index in [1.165, 1.54) is 11.1 Å². The Morgan fingerprint density at radius 2 is 1.83 bits per heavy atom. The number of rotatable bonds is 6. The second kappa shape index (κ2) is 8.10. The molecule has 0 fully saturated rings. The van der Waals surface area contributed by atoms with Crippen LogP contribution in [-0.4, -0.2) is 28.7 Å². The molecule has 2 N–H and O–H groups in total. The standard InChI is InChI=1S/C24H27N3O2/c1-16-7-17(2)9-19(8-16)13-27-21-6-5-18(12-25)10-20(21)11-22(27)23(29)26-14-24(3,4)15-28/h5-11,28H,13-15H2,1-4H3,(H,26,29). The quantitative estimate of drug-likeness (QED) is 0.671. The van der Waals surface area contributed by atoms with Crippen LogP contribution in [0.25, 0.3) is 10.9 Å². The molecule has 5 heteroatoms. The van der Waals surface area contributed by atoms with Gasteiger partial charge in [0.2, 0.25) is 0 Å². The molecule has 0 radical (unpaired) electrons. The molecule has 0 atom stereocenters. The first-order chi connectivity index (χ1) is 13.7. The van der Waals surface area contributed by atoms with Gasteiger partial charge in [0.25, 0.3) is 5.91 Å². The van der Waals surface area contributed by atoms with Gasteiger partial charge < -0.3 is 15.0 Å². The van der Waals surface area contributed by atoms with Crippen LogP contribution in [0.5, 0.6) is 0 Å². The number of nitriles is 1. The molecule has 0 bridgehead atoms. The van der Waals surface area contributed by atoms with Crippen LogP contribution in [0.15, 0.2) is 42.5 Å². The molecule has 0 aliphatic rings. The minimum absolute atomic E-state index is 0.00956. The van der Waals surface area contributed by atoms with Crippen molar-refractivity contribution >= 4 is 16.8 Å². The van der Waals surface area contributed by atoms with E-state index in [0.29, 0.717) is 24.3 Å². The molecule has 0 aliphatic heterocycles. The molecule has 3 aromatic rings. The van der Waals surface area contributed by atoms with Gasteiger partial charge in [0.1, 0.15) is 5.69 Å². The van der Waals surface area contributed by atoms with Crippen LogP contribution in [0, 0.1) is 30.6 Å². The summed E-state index contributed by atoms with van der Waals surface area (Å²) < 4.78 is 1.99. The summed E-state index contributed by atoms with van der Waals surface area (Å²) in [4.78, 5) is 13.0. The Morgan fingerprint density at radius 3 is 2.45 bits per heavy atom. The van der Waals surface area contributed by atoms with E-state index in [2.05, 4.69) is 43.4 Å². The van der Waals surface area contributed by atoms with Gasteiger partial charge in [-0.05, 0) is 43.7 Å². The molecule has 0 spiro atoms. The van der Waals surface area contributed by atoms with E-state index in [0.717, 1.165) is 16.5 Å². The van der Waals surface area contributed by atoms with Gasteiger partial charge in [0.05, 0.1) is 11.6 Å². The van der Waals surface area contributed by atoms with Crippen molar-refractivity contribution in [1.29, 1.82) is 5.26 Å². The summed E-state index contributed by atoms with van der Waals surface area (Å²) in [7, 11) is 0. The van der Waals surface area contributed by atoms with Crippen molar-refractivity contribution in [3.63, 3.8) is 0 Å². The first kappa shape index (κ1) is 20.6. The highest BCUT2D eigenvalue weighted by Crippen LogP contribution is 2.24. The van der Waals surface area contributed by atoms with Crippen LogP contribution < -0.4 is 5.32 Å². The molecule has 0 aliphatic carbocycles. The van der Waals surface area contributed by atoms with E-state index >= 15 is 0 Å². The van der Waals surface area contributed by atoms with Gasteiger partial charge in [-0.3, -0.25) is 4.79 Å². The topological polar surface area (TPSA) is 78.1 Å². The number of hydrogen-bond donors (Lipinski definition) is 2. The Bertz CT molecular complexity index is 1080. The van der Waals surface area contributed by atoms with Crippen LogP contribution in [0.2, 0.25) is 0 Å². The molecule has 5 nitrogen and oxygen atoms in total. The fourth-order valence-corrected chi connectivity index (χ4v) is 3.51. The summed E-state index contributed by atoms with van der Waals surface area (Å²) in [5, 5.41) is 22.5. The fourth-order valence-electron chi connectivity index (χ4n) is 3.51. The lowest BCUT2D eigenvalue weighted by Crippen LogP contribution is -2.36. The van der Waals surface area contributed by atoms with E-state index in [-0.39, 0.29) is 12.5 Å². The molecule has 29 heavy (non-hydrogen) atoms. The van der Waals surface area contributed by atoms with Crippen molar-refractivity contribution < 1.29 is 9.90 Å². The maximum atomic E-state index is 13.0.